The predicted octanol–water partition coefficient (Wildman–Crippen LogP) is 2.85. The quantitative estimate of drug-likeness (QED) is 0.432. The molecule has 0 aromatic carbocycles. The molecule has 0 nitrogen and oxygen atoms in total. The predicted molar refractivity (Wildman–Crippen MR) is 33.9 cm³/mol. The Morgan fingerprint density at radius 3 is 1.83 bits per heavy atom. The standard InChI is InChI=1S/C4H8.C2H6.H2/c1-3-4-2;1-2;/h3H,1,4H2,2H3;1-2H3;1H. The Hall–Kier alpha value is -0.260. The van der Waals surface area contributed by atoms with Crippen molar-refractivity contribution in [2.75, 3.05) is 0 Å². The molecule has 6 heavy (non-hydrogen) atoms. The molecule has 0 unspecified atom stereocenters. The van der Waals surface area contributed by atoms with E-state index in [0.29, 0.717) is 0 Å². The second-order valence-corrected chi connectivity index (χ2v) is 0.697. The molecule has 0 saturated carbocycles. The minimum Gasteiger partial charge on any atom is -0.103 e. The van der Waals surface area contributed by atoms with Gasteiger partial charge in [0.05, 0.1) is 0 Å². The molecule has 0 aromatic rings. The molecule has 0 heterocycles. The van der Waals surface area contributed by atoms with Gasteiger partial charge in [-0.2, -0.15) is 0 Å². The largest absolute Gasteiger partial charge is 0.103 e. The third-order valence-electron chi connectivity index (χ3n) is 0.289. The zero-order valence-corrected chi connectivity index (χ0v) is 4.99. The van der Waals surface area contributed by atoms with E-state index in [0.717, 1.165) is 6.42 Å². The van der Waals surface area contributed by atoms with Crippen LogP contribution >= 0.6 is 0 Å². The van der Waals surface area contributed by atoms with Gasteiger partial charge in [-0.05, 0) is 6.42 Å². The van der Waals surface area contributed by atoms with E-state index in [9.17, 15) is 0 Å². The number of hydrogen-bond acceptors (Lipinski definition) is 0. The van der Waals surface area contributed by atoms with Gasteiger partial charge in [-0.1, -0.05) is 26.8 Å². The molecule has 0 aliphatic heterocycles. The van der Waals surface area contributed by atoms with Crippen molar-refractivity contribution >= 4 is 0 Å². The van der Waals surface area contributed by atoms with Gasteiger partial charge >= 0.3 is 0 Å². The second-order valence-electron chi connectivity index (χ2n) is 0.697. The third kappa shape index (κ3) is 51.3. The van der Waals surface area contributed by atoms with Crippen molar-refractivity contribution in [3.63, 3.8) is 0 Å². The number of hydrogen-bond donors (Lipinski definition) is 0. The van der Waals surface area contributed by atoms with E-state index in [1.807, 2.05) is 19.9 Å². The molecule has 0 radical (unpaired) electrons. The van der Waals surface area contributed by atoms with Crippen molar-refractivity contribution in [1.82, 2.24) is 0 Å². The molecule has 0 aromatic heterocycles. The molecule has 0 rings (SSSR count). The fourth-order valence-electron chi connectivity index (χ4n) is 0. The minimum absolute atomic E-state index is 0. The lowest BCUT2D eigenvalue weighted by atomic mass is 10.5. The van der Waals surface area contributed by atoms with Gasteiger partial charge in [-0.25, -0.2) is 0 Å². The lowest BCUT2D eigenvalue weighted by Gasteiger charge is -1.57. The maximum Gasteiger partial charge on any atom is 0 e. The molecule has 0 aliphatic rings. The van der Waals surface area contributed by atoms with E-state index in [1.54, 1.807) is 0 Å². The summed E-state index contributed by atoms with van der Waals surface area (Å²) in [5.41, 5.74) is 0. The molecule has 0 bridgehead atoms. The van der Waals surface area contributed by atoms with E-state index >= 15 is 0 Å². The summed E-state index contributed by atoms with van der Waals surface area (Å²) in [6, 6.07) is 0. The molecule has 0 saturated heterocycles. The van der Waals surface area contributed by atoms with Gasteiger partial charge in [0.2, 0.25) is 0 Å². The Kier molecular flexibility index (Phi) is 33.7. The summed E-state index contributed by atoms with van der Waals surface area (Å²) in [6.45, 7) is 9.54. The molecular weight excluding hydrogens is 72.1 g/mol. The van der Waals surface area contributed by atoms with Gasteiger partial charge in [0.25, 0.3) is 0 Å². The average molecular weight is 88.2 g/mol. The minimum atomic E-state index is 0. The highest BCUT2D eigenvalue weighted by Gasteiger charge is 1.45. The van der Waals surface area contributed by atoms with Crippen LogP contribution in [0.2, 0.25) is 0 Å². The highest BCUT2D eigenvalue weighted by Crippen LogP contribution is 1.66. The Morgan fingerprint density at radius 1 is 1.67 bits per heavy atom. The van der Waals surface area contributed by atoms with Gasteiger partial charge in [0.1, 0.15) is 0 Å². The summed E-state index contributed by atoms with van der Waals surface area (Å²) in [7, 11) is 0. The zero-order chi connectivity index (χ0) is 5.41. The first kappa shape index (κ1) is 9.22. The van der Waals surface area contributed by atoms with Crippen LogP contribution in [0.15, 0.2) is 12.7 Å². The summed E-state index contributed by atoms with van der Waals surface area (Å²) in [5, 5.41) is 0. The van der Waals surface area contributed by atoms with Crippen molar-refractivity contribution in [1.29, 1.82) is 0 Å². The maximum atomic E-state index is 3.48. The molecule has 0 amide bonds. The molecule has 0 fully saturated rings. The molecule has 0 heteroatoms. The highest BCUT2D eigenvalue weighted by atomic mass is 13.5. The van der Waals surface area contributed by atoms with Crippen LogP contribution in [0.4, 0.5) is 0 Å². The number of allylic oxidation sites excluding steroid dienone is 1. The first-order chi connectivity index (χ1) is 2.91. The summed E-state index contributed by atoms with van der Waals surface area (Å²) < 4.78 is 0. The topological polar surface area (TPSA) is 0 Å². The van der Waals surface area contributed by atoms with E-state index in [2.05, 4.69) is 13.5 Å². The van der Waals surface area contributed by atoms with E-state index in [1.165, 1.54) is 0 Å². The first-order valence-electron chi connectivity index (χ1n) is 2.52. The summed E-state index contributed by atoms with van der Waals surface area (Å²) in [5.74, 6) is 0. The van der Waals surface area contributed by atoms with Gasteiger partial charge in [0, 0.05) is 1.43 Å². The van der Waals surface area contributed by atoms with Crippen molar-refractivity contribution < 1.29 is 1.43 Å². The van der Waals surface area contributed by atoms with Crippen molar-refractivity contribution in [2.24, 2.45) is 0 Å². The smallest absolute Gasteiger partial charge is 0 e. The van der Waals surface area contributed by atoms with Crippen LogP contribution in [-0.2, 0) is 0 Å². The molecule has 40 valence electrons. The fourth-order valence-corrected chi connectivity index (χ4v) is 0. The lowest BCUT2D eigenvalue weighted by molar-refractivity contribution is 1.23. The molecule has 0 aliphatic carbocycles. The Balaban J connectivity index is -0.0000000480. The Labute approximate surface area is 42.4 Å². The van der Waals surface area contributed by atoms with Crippen LogP contribution in [0.1, 0.15) is 28.6 Å². The fraction of sp³-hybridized carbons (Fsp3) is 0.667. The first-order valence-corrected chi connectivity index (χ1v) is 2.52. The van der Waals surface area contributed by atoms with Crippen LogP contribution < -0.4 is 0 Å². The lowest BCUT2D eigenvalue weighted by Crippen LogP contribution is -1.36. The van der Waals surface area contributed by atoms with Gasteiger partial charge in [0.15, 0.2) is 0 Å². The Morgan fingerprint density at radius 2 is 1.83 bits per heavy atom. The normalized spacial score (nSPS) is 5.17. The molecular formula is C6H16. The third-order valence-corrected chi connectivity index (χ3v) is 0.289. The highest BCUT2D eigenvalue weighted by molar-refractivity contribution is 4.60. The number of rotatable bonds is 1. The summed E-state index contributed by atoms with van der Waals surface area (Å²) in [6.07, 6.45) is 2.96. The second kappa shape index (κ2) is 21.9. The summed E-state index contributed by atoms with van der Waals surface area (Å²) in [4.78, 5) is 0. The van der Waals surface area contributed by atoms with Gasteiger partial charge in [-0.15, -0.1) is 6.58 Å². The molecule has 0 spiro atoms. The average Bonchev–Trinajstić information content (AvgIpc) is 1.72. The van der Waals surface area contributed by atoms with E-state index in [-0.39, 0.29) is 1.43 Å². The van der Waals surface area contributed by atoms with Crippen LogP contribution in [0.25, 0.3) is 0 Å². The molecule has 0 atom stereocenters. The summed E-state index contributed by atoms with van der Waals surface area (Å²) >= 11 is 0. The van der Waals surface area contributed by atoms with Crippen LogP contribution in [0.5, 0.6) is 0 Å². The van der Waals surface area contributed by atoms with Crippen LogP contribution in [0, 0.1) is 0 Å². The Bertz CT molecular complexity index is 18.1. The van der Waals surface area contributed by atoms with Crippen LogP contribution in [0.3, 0.4) is 0 Å². The van der Waals surface area contributed by atoms with Gasteiger partial charge in [-0.3, -0.25) is 0 Å². The van der Waals surface area contributed by atoms with Crippen molar-refractivity contribution in [3.05, 3.63) is 12.7 Å². The van der Waals surface area contributed by atoms with Crippen LogP contribution in [-0.4, -0.2) is 0 Å². The van der Waals surface area contributed by atoms with E-state index < -0.39 is 0 Å². The van der Waals surface area contributed by atoms with E-state index in [4.69, 9.17) is 0 Å². The zero-order valence-electron chi connectivity index (χ0n) is 4.99. The maximum absolute atomic E-state index is 3.48. The monoisotopic (exact) mass is 88.1 g/mol. The SMILES string of the molecule is C=CCC.CC.[HH]. The van der Waals surface area contributed by atoms with Gasteiger partial charge < -0.3 is 0 Å². The van der Waals surface area contributed by atoms with Crippen molar-refractivity contribution in [2.45, 2.75) is 27.2 Å². The molecule has 0 N–H and O–H groups in total. The van der Waals surface area contributed by atoms with Crippen molar-refractivity contribution in [3.8, 4) is 0 Å².